The Morgan fingerprint density at radius 3 is 2.52 bits per heavy atom. The third-order valence-corrected chi connectivity index (χ3v) is 4.53. The third kappa shape index (κ3) is 3.97. The fourth-order valence-corrected chi connectivity index (χ4v) is 3.06. The average Bonchev–Trinajstić information content (AvgIpc) is 2.94. The molecule has 1 heterocycles. The lowest BCUT2D eigenvalue weighted by atomic mass is 10.1. The van der Waals surface area contributed by atoms with Gasteiger partial charge >= 0.3 is 0 Å². The molecule has 1 aromatic heterocycles. The summed E-state index contributed by atoms with van der Waals surface area (Å²) in [6.45, 7) is 2.13. The third-order valence-electron chi connectivity index (χ3n) is 4.53. The molecule has 0 radical (unpaired) electrons. The lowest BCUT2D eigenvalue weighted by molar-refractivity contribution is 0.0928. The van der Waals surface area contributed by atoms with Gasteiger partial charge in [-0.1, -0.05) is 50.0 Å². The van der Waals surface area contributed by atoms with Crippen LogP contribution in [0, 0.1) is 0 Å². The molecule has 1 saturated carbocycles. The van der Waals surface area contributed by atoms with Crippen molar-refractivity contribution in [3.63, 3.8) is 0 Å². The van der Waals surface area contributed by atoms with E-state index in [2.05, 4.69) is 34.7 Å². The predicted octanol–water partition coefficient (Wildman–Crippen LogP) is 3.28. The fourth-order valence-electron chi connectivity index (χ4n) is 3.06. The van der Waals surface area contributed by atoms with Crippen LogP contribution in [0.2, 0.25) is 0 Å². The highest BCUT2D eigenvalue weighted by molar-refractivity contribution is 5.92. The number of nitrogens with zero attached hydrogens (tertiary/aromatic N) is 3. The van der Waals surface area contributed by atoms with Gasteiger partial charge in [-0.2, -0.15) is 0 Å². The molecule has 0 unspecified atom stereocenters. The zero-order valence-corrected chi connectivity index (χ0v) is 13.7. The smallest absolute Gasteiger partial charge is 0.273 e. The Morgan fingerprint density at radius 2 is 1.87 bits per heavy atom. The maximum atomic E-state index is 12.3. The highest BCUT2D eigenvalue weighted by atomic mass is 16.2. The van der Waals surface area contributed by atoms with Gasteiger partial charge in [-0.05, 0) is 37.0 Å². The minimum absolute atomic E-state index is 0.117. The summed E-state index contributed by atoms with van der Waals surface area (Å²) >= 11 is 0. The minimum Gasteiger partial charge on any atom is -0.348 e. The minimum atomic E-state index is -0.117. The van der Waals surface area contributed by atoms with Crippen molar-refractivity contribution in [1.82, 2.24) is 20.3 Å². The number of benzene rings is 1. The average molecular weight is 312 g/mol. The van der Waals surface area contributed by atoms with Crippen molar-refractivity contribution in [1.29, 1.82) is 0 Å². The van der Waals surface area contributed by atoms with E-state index in [0.717, 1.165) is 24.9 Å². The molecule has 0 bridgehead atoms. The van der Waals surface area contributed by atoms with Crippen LogP contribution >= 0.6 is 0 Å². The number of rotatable bonds is 4. The molecule has 0 atom stereocenters. The Labute approximate surface area is 137 Å². The van der Waals surface area contributed by atoms with Crippen LogP contribution in [-0.2, 0) is 6.42 Å². The van der Waals surface area contributed by atoms with E-state index >= 15 is 0 Å². The van der Waals surface area contributed by atoms with Gasteiger partial charge in [0.15, 0.2) is 5.69 Å². The van der Waals surface area contributed by atoms with Crippen LogP contribution in [-0.4, -0.2) is 26.9 Å². The van der Waals surface area contributed by atoms with E-state index in [0.29, 0.717) is 5.69 Å². The van der Waals surface area contributed by atoms with Crippen molar-refractivity contribution in [2.75, 3.05) is 0 Å². The molecule has 1 amide bonds. The molecule has 0 aliphatic heterocycles. The standard InChI is InChI=1S/C18H24N4O/c1-2-14-9-11-16(12-10-14)22-13-17(20-21-22)18(23)19-15-7-5-3-4-6-8-15/h9-13,15H,2-8H2,1H3,(H,19,23). The summed E-state index contributed by atoms with van der Waals surface area (Å²) in [5, 5.41) is 11.2. The van der Waals surface area contributed by atoms with Gasteiger partial charge in [-0.25, -0.2) is 4.68 Å². The largest absolute Gasteiger partial charge is 0.348 e. The van der Waals surface area contributed by atoms with Gasteiger partial charge < -0.3 is 5.32 Å². The quantitative estimate of drug-likeness (QED) is 0.881. The summed E-state index contributed by atoms with van der Waals surface area (Å²) in [6.07, 6.45) is 9.78. The number of aryl methyl sites for hydroxylation is 1. The van der Waals surface area contributed by atoms with E-state index < -0.39 is 0 Å². The first kappa shape index (κ1) is 15.7. The van der Waals surface area contributed by atoms with E-state index in [-0.39, 0.29) is 11.9 Å². The van der Waals surface area contributed by atoms with Gasteiger partial charge in [0.2, 0.25) is 0 Å². The van der Waals surface area contributed by atoms with Gasteiger partial charge in [-0.15, -0.1) is 5.10 Å². The molecule has 1 aromatic carbocycles. The van der Waals surface area contributed by atoms with E-state index in [1.54, 1.807) is 10.9 Å². The highest BCUT2D eigenvalue weighted by Gasteiger charge is 2.18. The van der Waals surface area contributed by atoms with Gasteiger partial charge in [-0.3, -0.25) is 4.79 Å². The summed E-state index contributed by atoms with van der Waals surface area (Å²) in [4.78, 5) is 12.3. The van der Waals surface area contributed by atoms with Crippen molar-refractivity contribution < 1.29 is 4.79 Å². The molecule has 1 aliphatic rings. The second kappa shape index (κ2) is 7.40. The number of amides is 1. The molecule has 1 N–H and O–H groups in total. The molecule has 122 valence electrons. The molecular weight excluding hydrogens is 288 g/mol. The molecule has 2 aromatic rings. The lowest BCUT2D eigenvalue weighted by Gasteiger charge is -2.14. The van der Waals surface area contributed by atoms with E-state index in [9.17, 15) is 4.79 Å². The molecule has 3 rings (SSSR count). The maximum Gasteiger partial charge on any atom is 0.273 e. The molecule has 23 heavy (non-hydrogen) atoms. The summed E-state index contributed by atoms with van der Waals surface area (Å²) < 4.78 is 1.65. The number of carbonyl (C=O) groups excluding carboxylic acids is 1. The summed E-state index contributed by atoms with van der Waals surface area (Å²) in [6, 6.07) is 8.42. The Kier molecular flexibility index (Phi) is 5.05. The van der Waals surface area contributed by atoms with Crippen molar-refractivity contribution in [3.8, 4) is 5.69 Å². The molecule has 0 saturated heterocycles. The summed E-state index contributed by atoms with van der Waals surface area (Å²) in [5.74, 6) is -0.117. The Hall–Kier alpha value is -2.17. The van der Waals surface area contributed by atoms with Crippen LogP contribution < -0.4 is 5.32 Å². The zero-order chi connectivity index (χ0) is 16.1. The van der Waals surface area contributed by atoms with Gasteiger partial charge in [0.25, 0.3) is 5.91 Å². The number of aromatic nitrogens is 3. The Morgan fingerprint density at radius 1 is 1.17 bits per heavy atom. The molecule has 5 nitrogen and oxygen atoms in total. The SMILES string of the molecule is CCc1ccc(-n2cc(C(=O)NC3CCCCCC3)nn2)cc1. The zero-order valence-electron chi connectivity index (χ0n) is 13.7. The Bertz CT molecular complexity index is 639. The second-order valence-electron chi connectivity index (χ2n) is 6.23. The van der Waals surface area contributed by atoms with Crippen LogP contribution in [0.1, 0.15) is 61.5 Å². The number of nitrogens with one attached hydrogen (secondary N) is 1. The first-order chi connectivity index (χ1) is 11.3. The van der Waals surface area contributed by atoms with E-state index in [1.165, 1.54) is 31.2 Å². The van der Waals surface area contributed by atoms with Crippen LogP contribution in [0.15, 0.2) is 30.5 Å². The van der Waals surface area contributed by atoms with Crippen molar-refractivity contribution in [3.05, 3.63) is 41.7 Å². The highest BCUT2D eigenvalue weighted by Crippen LogP contribution is 2.17. The van der Waals surface area contributed by atoms with Crippen molar-refractivity contribution in [2.24, 2.45) is 0 Å². The maximum absolute atomic E-state index is 12.3. The lowest BCUT2D eigenvalue weighted by Crippen LogP contribution is -2.34. The molecule has 0 spiro atoms. The number of hydrogen-bond donors (Lipinski definition) is 1. The van der Waals surface area contributed by atoms with Crippen LogP contribution in [0.5, 0.6) is 0 Å². The number of hydrogen-bond acceptors (Lipinski definition) is 3. The molecule has 1 aliphatic carbocycles. The van der Waals surface area contributed by atoms with Crippen molar-refractivity contribution in [2.45, 2.75) is 57.9 Å². The fraction of sp³-hybridized carbons (Fsp3) is 0.500. The first-order valence-electron chi connectivity index (χ1n) is 8.59. The van der Waals surface area contributed by atoms with Crippen LogP contribution in [0.25, 0.3) is 5.69 Å². The number of carbonyl (C=O) groups is 1. The second-order valence-corrected chi connectivity index (χ2v) is 6.23. The van der Waals surface area contributed by atoms with E-state index in [4.69, 9.17) is 0 Å². The van der Waals surface area contributed by atoms with Crippen LogP contribution in [0.4, 0.5) is 0 Å². The summed E-state index contributed by atoms with van der Waals surface area (Å²) in [5.41, 5.74) is 2.58. The van der Waals surface area contributed by atoms with E-state index in [1.807, 2.05) is 12.1 Å². The van der Waals surface area contributed by atoms with Gasteiger partial charge in [0.05, 0.1) is 11.9 Å². The molecule has 1 fully saturated rings. The summed E-state index contributed by atoms with van der Waals surface area (Å²) in [7, 11) is 0. The van der Waals surface area contributed by atoms with Crippen molar-refractivity contribution >= 4 is 5.91 Å². The van der Waals surface area contributed by atoms with Gasteiger partial charge in [0, 0.05) is 6.04 Å². The predicted molar refractivity (Wildman–Crippen MR) is 89.7 cm³/mol. The topological polar surface area (TPSA) is 59.8 Å². The van der Waals surface area contributed by atoms with Crippen LogP contribution in [0.3, 0.4) is 0 Å². The molecule has 5 heteroatoms. The monoisotopic (exact) mass is 312 g/mol. The Balaban J connectivity index is 1.66. The first-order valence-corrected chi connectivity index (χ1v) is 8.59. The van der Waals surface area contributed by atoms with Gasteiger partial charge in [0.1, 0.15) is 0 Å². The molecular formula is C18H24N4O. The normalized spacial score (nSPS) is 16.0.